The number of amides is 1. The molecule has 1 aliphatic rings. The Kier molecular flexibility index (Phi) is 5.71. The molecule has 25 heavy (non-hydrogen) atoms. The summed E-state index contributed by atoms with van der Waals surface area (Å²) in [4.78, 5) is 13.5. The van der Waals surface area contributed by atoms with Crippen LogP contribution in [0.1, 0.15) is 40.2 Å². The fourth-order valence-corrected chi connectivity index (χ4v) is 3.31. The second-order valence-corrected chi connectivity index (χ2v) is 6.74. The van der Waals surface area contributed by atoms with E-state index < -0.39 is 0 Å². The third kappa shape index (κ3) is 4.40. The summed E-state index contributed by atoms with van der Waals surface area (Å²) in [6, 6.07) is 15.9. The summed E-state index contributed by atoms with van der Waals surface area (Å²) in [6.45, 7) is 2.73. The SMILES string of the molecule is CN(C)C(=O)c1ccc(OCc2ccccc2C2CCNCC2)cc1. The topological polar surface area (TPSA) is 41.6 Å². The molecular formula is C21H26N2O2. The van der Waals surface area contributed by atoms with E-state index in [1.807, 2.05) is 24.3 Å². The predicted octanol–water partition coefficient (Wildman–Crippen LogP) is 3.43. The van der Waals surface area contributed by atoms with Crippen molar-refractivity contribution in [1.29, 1.82) is 0 Å². The maximum Gasteiger partial charge on any atom is 0.253 e. The van der Waals surface area contributed by atoms with Gasteiger partial charge in [0.15, 0.2) is 0 Å². The van der Waals surface area contributed by atoms with Crippen LogP contribution in [-0.4, -0.2) is 38.0 Å². The zero-order chi connectivity index (χ0) is 17.6. The molecule has 4 heteroatoms. The maximum absolute atomic E-state index is 11.9. The van der Waals surface area contributed by atoms with E-state index >= 15 is 0 Å². The Labute approximate surface area is 149 Å². The van der Waals surface area contributed by atoms with Gasteiger partial charge >= 0.3 is 0 Å². The highest BCUT2D eigenvalue weighted by Gasteiger charge is 2.18. The Bertz CT molecular complexity index is 704. The van der Waals surface area contributed by atoms with Crippen LogP contribution in [0.15, 0.2) is 48.5 Å². The quantitative estimate of drug-likeness (QED) is 0.908. The lowest BCUT2D eigenvalue weighted by Crippen LogP contribution is -2.27. The van der Waals surface area contributed by atoms with Gasteiger partial charge in [0.05, 0.1) is 0 Å². The van der Waals surface area contributed by atoms with Gasteiger partial charge in [-0.25, -0.2) is 0 Å². The molecule has 0 spiro atoms. The molecule has 132 valence electrons. The standard InChI is InChI=1S/C21H26N2O2/c1-23(2)21(24)17-7-9-19(10-8-17)25-15-18-5-3-4-6-20(18)16-11-13-22-14-12-16/h3-10,16,22H,11-15H2,1-2H3. The van der Waals surface area contributed by atoms with E-state index in [9.17, 15) is 4.79 Å². The number of nitrogens with zero attached hydrogens (tertiary/aromatic N) is 1. The van der Waals surface area contributed by atoms with Crippen LogP contribution in [0.3, 0.4) is 0 Å². The Morgan fingerprint density at radius 2 is 1.76 bits per heavy atom. The molecule has 1 saturated heterocycles. The van der Waals surface area contributed by atoms with E-state index in [1.165, 1.54) is 24.0 Å². The van der Waals surface area contributed by atoms with E-state index in [0.717, 1.165) is 18.8 Å². The van der Waals surface area contributed by atoms with E-state index in [2.05, 4.69) is 29.6 Å². The molecule has 2 aromatic carbocycles. The molecule has 0 aromatic heterocycles. The Morgan fingerprint density at radius 1 is 1.08 bits per heavy atom. The molecular weight excluding hydrogens is 312 g/mol. The molecule has 0 radical (unpaired) electrons. The number of hydrogen-bond acceptors (Lipinski definition) is 3. The number of nitrogens with one attached hydrogen (secondary N) is 1. The van der Waals surface area contributed by atoms with Gasteiger partial charge in [0, 0.05) is 19.7 Å². The number of ether oxygens (including phenoxy) is 1. The molecule has 4 nitrogen and oxygen atoms in total. The molecule has 1 N–H and O–H groups in total. The molecule has 0 bridgehead atoms. The molecule has 1 fully saturated rings. The lowest BCUT2D eigenvalue weighted by atomic mass is 9.87. The first kappa shape index (κ1) is 17.5. The minimum Gasteiger partial charge on any atom is -0.489 e. The number of carbonyl (C=O) groups excluding carboxylic acids is 1. The minimum atomic E-state index is 0.00260. The smallest absolute Gasteiger partial charge is 0.253 e. The van der Waals surface area contributed by atoms with Crippen LogP contribution in [-0.2, 0) is 6.61 Å². The Balaban J connectivity index is 1.66. The van der Waals surface area contributed by atoms with Crippen LogP contribution < -0.4 is 10.1 Å². The van der Waals surface area contributed by atoms with Crippen LogP contribution in [0, 0.1) is 0 Å². The minimum absolute atomic E-state index is 0.00260. The highest BCUT2D eigenvalue weighted by Crippen LogP contribution is 2.28. The predicted molar refractivity (Wildman–Crippen MR) is 100 cm³/mol. The van der Waals surface area contributed by atoms with Gasteiger partial charge in [-0.1, -0.05) is 24.3 Å². The van der Waals surface area contributed by atoms with Crippen molar-refractivity contribution in [1.82, 2.24) is 10.2 Å². The van der Waals surface area contributed by atoms with Crippen LogP contribution >= 0.6 is 0 Å². The lowest BCUT2D eigenvalue weighted by molar-refractivity contribution is 0.0827. The first-order chi connectivity index (χ1) is 12.1. The Morgan fingerprint density at radius 3 is 2.44 bits per heavy atom. The van der Waals surface area contributed by atoms with E-state index in [-0.39, 0.29) is 5.91 Å². The summed E-state index contributed by atoms with van der Waals surface area (Å²) >= 11 is 0. The van der Waals surface area contributed by atoms with Gasteiger partial charge in [0.1, 0.15) is 12.4 Å². The number of rotatable bonds is 5. The molecule has 3 rings (SSSR count). The molecule has 0 unspecified atom stereocenters. The zero-order valence-corrected chi connectivity index (χ0v) is 15.0. The summed E-state index contributed by atoms with van der Waals surface area (Å²) in [6.07, 6.45) is 2.36. The molecule has 1 amide bonds. The van der Waals surface area contributed by atoms with Crippen molar-refractivity contribution in [2.75, 3.05) is 27.2 Å². The average molecular weight is 338 g/mol. The second kappa shape index (κ2) is 8.17. The van der Waals surface area contributed by atoms with Crippen LogP contribution in [0.4, 0.5) is 0 Å². The zero-order valence-electron chi connectivity index (χ0n) is 15.0. The van der Waals surface area contributed by atoms with Crippen molar-refractivity contribution in [2.45, 2.75) is 25.4 Å². The largest absolute Gasteiger partial charge is 0.489 e. The first-order valence-corrected chi connectivity index (χ1v) is 8.88. The second-order valence-electron chi connectivity index (χ2n) is 6.74. The van der Waals surface area contributed by atoms with Crippen molar-refractivity contribution in [2.24, 2.45) is 0 Å². The number of benzene rings is 2. The third-order valence-electron chi connectivity index (χ3n) is 4.74. The molecule has 0 atom stereocenters. The van der Waals surface area contributed by atoms with E-state index in [4.69, 9.17) is 4.74 Å². The van der Waals surface area contributed by atoms with Crippen molar-refractivity contribution in [3.05, 3.63) is 65.2 Å². The van der Waals surface area contributed by atoms with Crippen molar-refractivity contribution >= 4 is 5.91 Å². The van der Waals surface area contributed by atoms with E-state index in [1.54, 1.807) is 19.0 Å². The van der Waals surface area contributed by atoms with Gasteiger partial charge < -0.3 is 15.0 Å². The fraction of sp³-hybridized carbons (Fsp3) is 0.381. The van der Waals surface area contributed by atoms with Gasteiger partial charge in [0.2, 0.25) is 0 Å². The number of carbonyl (C=O) groups is 1. The van der Waals surface area contributed by atoms with Crippen molar-refractivity contribution in [3.63, 3.8) is 0 Å². The number of piperidine rings is 1. The third-order valence-corrected chi connectivity index (χ3v) is 4.74. The maximum atomic E-state index is 11.9. The summed E-state index contributed by atoms with van der Waals surface area (Å²) < 4.78 is 5.98. The van der Waals surface area contributed by atoms with Crippen LogP contribution in [0.5, 0.6) is 5.75 Å². The van der Waals surface area contributed by atoms with E-state index in [0.29, 0.717) is 18.1 Å². The molecule has 0 saturated carbocycles. The molecule has 0 aliphatic carbocycles. The van der Waals surface area contributed by atoms with Gasteiger partial charge in [-0.3, -0.25) is 4.79 Å². The number of hydrogen-bond donors (Lipinski definition) is 1. The Hall–Kier alpha value is -2.33. The normalized spacial score (nSPS) is 15.0. The fourth-order valence-electron chi connectivity index (χ4n) is 3.31. The monoisotopic (exact) mass is 338 g/mol. The summed E-state index contributed by atoms with van der Waals surface area (Å²) in [5.74, 6) is 1.40. The van der Waals surface area contributed by atoms with Gasteiger partial charge in [-0.2, -0.15) is 0 Å². The first-order valence-electron chi connectivity index (χ1n) is 8.88. The average Bonchev–Trinajstić information content (AvgIpc) is 2.67. The van der Waals surface area contributed by atoms with Crippen LogP contribution in [0.2, 0.25) is 0 Å². The van der Waals surface area contributed by atoms with Gasteiger partial charge in [0.25, 0.3) is 5.91 Å². The van der Waals surface area contributed by atoms with Crippen molar-refractivity contribution in [3.8, 4) is 5.75 Å². The van der Waals surface area contributed by atoms with Gasteiger partial charge in [-0.05, 0) is 67.2 Å². The molecule has 2 aromatic rings. The van der Waals surface area contributed by atoms with Crippen LogP contribution in [0.25, 0.3) is 0 Å². The summed E-state index contributed by atoms with van der Waals surface area (Å²) in [7, 11) is 3.51. The lowest BCUT2D eigenvalue weighted by Gasteiger charge is -2.25. The highest BCUT2D eigenvalue weighted by atomic mass is 16.5. The summed E-state index contributed by atoms with van der Waals surface area (Å²) in [5.41, 5.74) is 3.33. The summed E-state index contributed by atoms with van der Waals surface area (Å²) in [5, 5.41) is 3.42. The molecule has 1 heterocycles. The van der Waals surface area contributed by atoms with Gasteiger partial charge in [-0.15, -0.1) is 0 Å². The highest BCUT2D eigenvalue weighted by molar-refractivity contribution is 5.93. The molecule has 1 aliphatic heterocycles. The van der Waals surface area contributed by atoms with Crippen molar-refractivity contribution < 1.29 is 9.53 Å².